The van der Waals surface area contributed by atoms with E-state index in [1.54, 1.807) is 30.3 Å². The van der Waals surface area contributed by atoms with Gasteiger partial charge in [-0.1, -0.05) is 29.8 Å². The van der Waals surface area contributed by atoms with Gasteiger partial charge in [-0.2, -0.15) is 0 Å². The Balaban J connectivity index is 2.07. The molecule has 0 radical (unpaired) electrons. The number of aromatic nitrogens is 1. The lowest BCUT2D eigenvalue weighted by atomic mass is 9.92. The van der Waals surface area contributed by atoms with Crippen molar-refractivity contribution < 1.29 is 24.3 Å². The van der Waals surface area contributed by atoms with E-state index in [2.05, 4.69) is 5.32 Å². The van der Waals surface area contributed by atoms with Gasteiger partial charge in [-0.05, 0) is 29.8 Å². The van der Waals surface area contributed by atoms with Crippen molar-refractivity contribution in [1.82, 2.24) is 9.88 Å². The first-order valence-corrected chi connectivity index (χ1v) is 9.45. The molecule has 0 bridgehead atoms. The Morgan fingerprint density at radius 1 is 1.03 bits per heavy atom. The molecule has 152 valence electrons. The minimum atomic E-state index is -0.864. The van der Waals surface area contributed by atoms with Crippen LogP contribution in [0.1, 0.15) is 31.1 Å². The minimum absolute atomic E-state index is 0.0423. The fourth-order valence-electron chi connectivity index (χ4n) is 4.14. The van der Waals surface area contributed by atoms with Crippen LogP contribution in [0.15, 0.2) is 42.5 Å². The Hall–Kier alpha value is -4.17. The van der Waals surface area contributed by atoms with E-state index >= 15 is 0 Å². The van der Waals surface area contributed by atoms with Crippen LogP contribution < -0.4 is 11.1 Å². The van der Waals surface area contributed by atoms with Gasteiger partial charge in [-0.15, -0.1) is 0 Å². The predicted molar refractivity (Wildman–Crippen MR) is 114 cm³/mol. The van der Waals surface area contributed by atoms with Gasteiger partial charge in [0.2, 0.25) is 0 Å². The number of nitrogens with two attached hydrogens (primary N) is 1. The first-order chi connectivity index (χ1) is 14.8. The van der Waals surface area contributed by atoms with E-state index in [1.807, 2.05) is 0 Å². The molecule has 8 nitrogen and oxygen atoms in total. The fourth-order valence-corrected chi connectivity index (χ4v) is 4.38. The second-order valence-electron chi connectivity index (χ2n) is 7.05. The quantitative estimate of drug-likeness (QED) is 0.329. The number of halogens is 1. The zero-order valence-electron chi connectivity index (χ0n) is 15.6. The number of carbonyl (C=O) groups excluding carboxylic acids is 4. The molecule has 5 rings (SSSR count). The maximum absolute atomic E-state index is 12.8. The number of aromatic hydroxyl groups is 1. The number of rotatable bonds is 2. The first kappa shape index (κ1) is 18.8. The third-order valence-electron chi connectivity index (χ3n) is 5.40. The van der Waals surface area contributed by atoms with Crippen molar-refractivity contribution in [3.8, 4) is 16.9 Å². The van der Waals surface area contributed by atoms with E-state index in [0.29, 0.717) is 27.8 Å². The highest BCUT2D eigenvalue weighted by Crippen LogP contribution is 2.42. The van der Waals surface area contributed by atoms with Gasteiger partial charge < -0.3 is 10.8 Å². The summed E-state index contributed by atoms with van der Waals surface area (Å²) in [6.45, 7) is 0. The van der Waals surface area contributed by atoms with Gasteiger partial charge in [-0.3, -0.25) is 24.3 Å². The third kappa shape index (κ3) is 2.48. The van der Waals surface area contributed by atoms with E-state index in [1.165, 1.54) is 12.1 Å². The van der Waals surface area contributed by atoms with E-state index in [-0.39, 0.29) is 38.9 Å². The van der Waals surface area contributed by atoms with Crippen LogP contribution in [0.4, 0.5) is 4.79 Å². The average molecular weight is 434 g/mol. The normalized spacial score (nSPS) is 12.9. The fraction of sp³-hybridized carbons (Fsp3) is 0. The van der Waals surface area contributed by atoms with E-state index in [9.17, 15) is 24.3 Å². The summed E-state index contributed by atoms with van der Waals surface area (Å²) in [6, 6.07) is 10.0. The van der Waals surface area contributed by atoms with Crippen LogP contribution in [-0.4, -0.2) is 33.8 Å². The molecule has 1 aliphatic heterocycles. The first-order valence-electron chi connectivity index (χ1n) is 9.07. The number of fused-ring (bicyclic) bond motifs is 5. The zero-order valence-corrected chi connectivity index (χ0v) is 16.4. The molecule has 3 amide bonds. The molecule has 0 saturated heterocycles. The van der Waals surface area contributed by atoms with E-state index in [0.717, 1.165) is 4.57 Å². The molecule has 0 spiro atoms. The van der Waals surface area contributed by atoms with Crippen LogP contribution in [0.25, 0.3) is 32.9 Å². The molecule has 0 saturated carbocycles. The van der Waals surface area contributed by atoms with Crippen molar-refractivity contribution in [3.63, 3.8) is 0 Å². The van der Waals surface area contributed by atoms with Gasteiger partial charge >= 0.3 is 6.03 Å². The Kier molecular flexibility index (Phi) is 3.90. The van der Waals surface area contributed by atoms with Gasteiger partial charge in [0.05, 0.1) is 27.7 Å². The molecule has 4 N–H and O–H groups in total. The third-order valence-corrected chi connectivity index (χ3v) is 5.72. The topological polar surface area (TPSA) is 131 Å². The van der Waals surface area contributed by atoms with Gasteiger partial charge in [0.25, 0.3) is 11.8 Å². The second-order valence-corrected chi connectivity index (χ2v) is 7.46. The number of imide groups is 1. The molecule has 9 heteroatoms. The standard InChI is InChI=1S/C22H12ClN3O5/c23-13-4-2-1-3-10(13)11-6-15-17(19-18(11)20(29)25-21(19)30)12-7-16(28)9(8-27)5-14(12)26(15)22(24)31/h1-8,28H,(H2,24,31)(H,25,29,30). The molecule has 2 heterocycles. The van der Waals surface area contributed by atoms with E-state index in [4.69, 9.17) is 17.3 Å². The van der Waals surface area contributed by atoms with Gasteiger partial charge in [0.15, 0.2) is 6.29 Å². The molecule has 1 aliphatic rings. The van der Waals surface area contributed by atoms with Crippen molar-refractivity contribution in [3.05, 3.63) is 64.2 Å². The number of nitrogens with one attached hydrogen (secondary N) is 1. The number of hydrogen-bond acceptors (Lipinski definition) is 5. The van der Waals surface area contributed by atoms with E-state index < -0.39 is 17.8 Å². The molecule has 0 atom stereocenters. The lowest BCUT2D eigenvalue weighted by Crippen LogP contribution is -2.20. The molecule has 0 fully saturated rings. The summed E-state index contributed by atoms with van der Waals surface area (Å²) in [7, 11) is 0. The molecule has 31 heavy (non-hydrogen) atoms. The average Bonchev–Trinajstić information content (AvgIpc) is 3.20. The molecular formula is C22H12ClN3O5. The number of phenolic OH excluding ortho intramolecular Hbond substituents is 1. The molecule has 0 aliphatic carbocycles. The summed E-state index contributed by atoms with van der Waals surface area (Å²) >= 11 is 6.35. The van der Waals surface area contributed by atoms with Crippen molar-refractivity contribution in [2.24, 2.45) is 5.73 Å². The Morgan fingerprint density at radius 2 is 1.74 bits per heavy atom. The van der Waals surface area contributed by atoms with Gasteiger partial charge in [0, 0.05) is 21.4 Å². The van der Waals surface area contributed by atoms with Gasteiger partial charge in [-0.25, -0.2) is 4.79 Å². The molecule has 4 aromatic rings. The largest absolute Gasteiger partial charge is 0.507 e. The number of nitrogens with zero attached hydrogens (tertiary/aromatic N) is 1. The SMILES string of the molecule is NC(=O)n1c2cc(C=O)c(O)cc2c2c3c(c(-c4ccccc4Cl)cc21)C(=O)NC3=O. The monoisotopic (exact) mass is 433 g/mol. The molecule has 1 aromatic heterocycles. The van der Waals surface area contributed by atoms with Crippen LogP contribution in [-0.2, 0) is 0 Å². The smallest absolute Gasteiger partial charge is 0.323 e. The summed E-state index contributed by atoms with van der Waals surface area (Å²) in [4.78, 5) is 49.2. The maximum Gasteiger partial charge on any atom is 0.323 e. The second kappa shape index (κ2) is 6.41. The van der Waals surface area contributed by atoms with Crippen molar-refractivity contribution in [2.75, 3.05) is 0 Å². The highest BCUT2D eigenvalue weighted by Gasteiger charge is 2.35. The van der Waals surface area contributed by atoms with Crippen LogP contribution in [0, 0.1) is 0 Å². The Morgan fingerprint density at radius 3 is 2.42 bits per heavy atom. The summed E-state index contributed by atoms with van der Waals surface area (Å²) < 4.78 is 1.13. The maximum atomic E-state index is 12.8. The summed E-state index contributed by atoms with van der Waals surface area (Å²) in [5, 5.41) is 13.4. The lowest BCUT2D eigenvalue weighted by molar-refractivity contribution is 0.0879. The number of carbonyl (C=O) groups is 4. The zero-order chi connectivity index (χ0) is 22.0. The Labute approximate surface area is 178 Å². The number of phenols is 1. The number of primary amides is 1. The number of hydrogen-bond donors (Lipinski definition) is 3. The minimum Gasteiger partial charge on any atom is -0.507 e. The summed E-state index contributed by atoms with van der Waals surface area (Å²) in [5.74, 6) is -1.59. The van der Waals surface area contributed by atoms with Crippen LogP contribution >= 0.6 is 11.6 Å². The molecule has 3 aromatic carbocycles. The lowest BCUT2D eigenvalue weighted by Gasteiger charge is -2.11. The molecular weight excluding hydrogens is 422 g/mol. The number of amides is 3. The Bertz CT molecular complexity index is 1520. The van der Waals surface area contributed by atoms with Crippen LogP contribution in [0.3, 0.4) is 0 Å². The summed E-state index contributed by atoms with van der Waals surface area (Å²) in [5.41, 5.74) is 7.01. The molecule has 0 unspecified atom stereocenters. The van der Waals surface area contributed by atoms with Crippen molar-refractivity contribution >= 4 is 57.5 Å². The number of benzene rings is 3. The van der Waals surface area contributed by atoms with Gasteiger partial charge in [0.1, 0.15) is 5.75 Å². The predicted octanol–water partition coefficient (Wildman–Crippen LogP) is 3.44. The highest BCUT2D eigenvalue weighted by molar-refractivity contribution is 6.36. The summed E-state index contributed by atoms with van der Waals surface area (Å²) in [6.07, 6.45) is 0.438. The van der Waals surface area contributed by atoms with Crippen molar-refractivity contribution in [2.45, 2.75) is 0 Å². The van der Waals surface area contributed by atoms with Crippen LogP contribution in [0.2, 0.25) is 5.02 Å². The van der Waals surface area contributed by atoms with Crippen molar-refractivity contribution in [1.29, 1.82) is 0 Å². The number of aldehydes is 1. The van der Waals surface area contributed by atoms with Crippen LogP contribution in [0.5, 0.6) is 5.75 Å². The highest BCUT2D eigenvalue weighted by atomic mass is 35.5.